The number of hydrogen-bond acceptors (Lipinski definition) is 5. The third-order valence-corrected chi connectivity index (χ3v) is 6.26. The zero-order valence-electron chi connectivity index (χ0n) is 16.6. The summed E-state index contributed by atoms with van der Waals surface area (Å²) in [5.41, 5.74) is -0.701. The van der Waals surface area contributed by atoms with Crippen molar-refractivity contribution in [3.8, 4) is 11.5 Å². The Labute approximate surface area is 177 Å². The lowest BCUT2D eigenvalue weighted by atomic mass is 10.2. The van der Waals surface area contributed by atoms with E-state index in [-0.39, 0.29) is 6.54 Å². The molecule has 0 spiro atoms. The fourth-order valence-electron chi connectivity index (χ4n) is 3.00. The van der Waals surface area contributed by atoms with Crippen molar-refractivity contribution in [3.63, 3.8) is 0 Å². The lowest BCUT2D eigenvalue weighted by molar-refractivity contribution is -0.137. The molecule has 0 aliphatic carbocycles. The number of fused-ring (bicyclic) bond motifs is 1. The van der Waals surface area contributed by atoms with E-state index in [2.05, 4.69) is 5.32 Å². The Morgan fingerprint density at radius 3 is 2.48 bits per heavy atom. The van der Waals surface area contributed by atoms with Gasteiger partial charge in [0.25, 0.3) is 0 Å². The maximum Gasteiger partial charge on any atom is 0.416 e. The first kappa shape index (κ1) is 22.9. The number of anilines is 1. The Balaban J connectivity index is 1.78. The van der Waals surface area contributed by atoms with Crippen LogP contribution < -0.4 is 14.8 Å². The molecule has 1 amide bonds. The minimum atomic E-state index is -4.68. The summed E-state index contributed by atoms with van der Waals surface area (Å²) in [6.07, 6.45) is -4.31. The van der Waals surface area contributed by atoms with Crippen LogP contribution in [0.5, 0.6) is 11.5 Å². The molecule has 0 atom stereocenters. The van der Waals surface area contributed by atoms with Gasteiger partial charge < -0.3 is 14.8 Å². The molecular formula is C20H21F3N2O5S. The zero-order chi connectivity index (χ0) is 22.6. The van der Waals surface area contributed by atoms with Crippen LogP contribution in [0.4, 0.5) is 18.9 Å². The summed E-state index contributed by atoms with van der Waals surface area (Å²) in [5.74, 6) is 0.343. The van der Waals surface area contributed by atoms with Gasteiger partial charge in [-0.1, -0.05) is 13.0 Å². The first-order valence-corrected chi connectivity index (χ1v) is 10.9. The highest BCUT2D eigenvalue weighted by Crippen LogP contribution is 2.33. The molecule has 0 unspecified atom stereocenters. The van der Waals surface area contributed by atoms with Gasteiger partial charge in [-0.3, -0.25) is 4.79 Å². The number of sulfonamides is 1. The number of carbonyl (C=O) groups is 1. The van der Waals surface area contributed by atoms with Crippen LogP contribution in [0.3, 0.4) is 0 Å². The summed E-state index contributed by atoms with van der Waals surface area (Å²) in [6.45, 7) is 1.89. The molecule has 31 heavy (non-hydrogen) atoms. The smallest absolute Gasteiger partial charge is 0.416 e. The molecule has 0 saturated heterocycles. The summed E-state index contributed by atoms with van der Waals surface area (Å²) in [6, 6.07) is 8.21. The molecule has 1 aliphatic rings. The van der Waals surface area contributed by atoms with Crippen LogP contribution in [0.2, 0.25) is 0 Å². The molecule has 11 heteroatoms. The molecule has 2 aromatic carbocycles. The van der Waals surface area contributed by atoms with Crippen molar-refractivity contribution in [2.45, 2.75) is 24.4 Å². The van der Waals surface area contributed by atoms with E-state index in [0.717, 1.165) is 22.5 Å². The van der Waals surface area contributed by atoms with Gasteiger partial charge in [-0.2, -0.15) is 17.5 Å². The maximum absolute atomic E-state index is 13.0. The number of halogens is 3. The van der Waals surface area contributed by atoms with Crippen LogP contribution in [0.1, 0.15) is 18.9 Å². The van der Waals surface area contributed by atoms with E-state index >= 15 is 0 Å². The minimum Gasteiger partial charge on any atom is -0.486 e. The van der Waals surface area contributed by atoms with Crippen LogP contribution in [0.25, 0.3) is 0 Å². The first-order valence-electron chi connectivity index (χ1n) is 9.48. The Kier molecular flexibility index (Phi) is 6.75. The van der Waals surface area contributed by atoms with Crippen molar-refractivity contribution in [2.75, 3.05) is 31.6 Å². The van der Waals surface area contributed by atoms with E-state index in [1.165, 1.54) is 0 Å². The van der Waals surface area contributed by atoms with Gasteiger partial charge in [0, 0.05) is 18.3 Å². The molecular weight excluding hydrogens is 437 g/mol. The summed E-state index contributed by atoms with van der Waals surface area (Å²) in [5, 5.41) is 2.58. The molecule has 7 nitrogen and oxygen atoms in total. The molecule has 3 rings (SSSR count). The summed E-state index contributed by atoms with van der Waals surface area (Å²) >= 11 is 0. The molecule has 168 valence electrons. The van der Waals surface area contributed by atoms with E-state index in [0.29, 0.717) is 42.9 Å². The highest BCUT2D eigenvalue weighted by atomic mass is 32.2. The number of hydrogen-bond donors (Lipinski definition) is 1. The lowest BCUT2D eigenvalue weighted by Gasteiger charge is -2.22. The van der Waals surface area contributed by atoms with Gasteiger partial charge in [0.15, 0.2) is 11.5 Å². The molecule has 0 aromatic heterocycles. The Hall–Kier alpha value is -2.79. The predicted octanol–water partition coefficient (Wildman–Crippen LogP) is 3.52. The number of benzene rings is 2. The number of alkyl halides is 3. The van der Waals surface area contributed by atoms with Crippen LogP contribution in [-0.2, 0) is 21.0 Å². The van der Waals surface area contributed by atoms with Gasteiger partial charge in [-0.15, -0.1) is 0 Å². The summed E-state index contributed by atoms with van der Waals surface area (Å²) in [7, 11) is -4.32. The quantitative estimate of drug-likeness (QED) is 0.687. The zero-order valence-corrected chi connectivity index (χ0v) is 17.4. The SMILES string of the molecule is CCCN(CC(=O)Nc1ccc2c(c1)OCCO2)S(=O)(=O)c1cccc(C(F)(F)F)c1. The first-order chi connectivity index (χ1) is 14.6. The van der Waals surface area contributed by atoms with Gasteiger partial charge in [0.2, 0.25) is 15.9 Å². The third kappa shape index (κ3) is 5.47. The van der Waals surface area contributed by atoms with Crippen LogP contribution in [-0.4, -0.2) is 44.9 Å². The van der Waals surface area contributed by atoms with Gasteiger partial charge in [0.1, 0.15) is 13.2 Å². The number of nitrogens with one attached hydrogen (secondary N) is 1. The monoisotopic (exact) mass is 458 g/mol. The van der Waals surface area contributed by atoms with E-state index in [9.17, 15) is 26.4 Å². The number of rotatable bonds is 7. The average Bonchev–Trinajstić information content (AvgIpc) is 2.73. The molecule has 2 aromatic rings. The van der Waals surface area contributed by atoms with Gasteiger partial charge in [-0.05, 0) is 36.8 Å². The second-order valence-electron chi connectivity index (χ2n) is 6.77. The van der Waals surface area contributed by atoms with E-state index in [1.54, 1.807) is 25.1 Å². The normalized spacial score (nSPS) is 13.8. The van der Waals surface area contributed by atoms with Crippen molar-refractivity contribution >= 4 is 21.6 Å². The van der Waals surface area contributed by atoms with Gasteiger partial charge >= 0.3 is 6.18 Å². The largest absolute Gasteiger partial charge is 0.486 e. The molecule has 0 fully saturated rings. The second-order valence-corrected chi connectivity index (χ2v) is 8.71. The number of ether oxygens (including phenoxy) is 2. The van der Waals surface area contributed by atoms with E-state index < -0.39 is 39.1 Å². The van der Waals surface area contributed by atoms with Crippen molar-refractivity contribution in [1.82, 2.24) is 4.31 Å². The molecule has 1 heterocycles. The maximum atomic E-state index is 13.0. The average molecular weight is 458 g/mol. The van der Waals surface area contributed by atoms with Crippen LogP contribution in [0, 0.1) is 0 Å². The predicted molar refractivity (Wildman–Crippen MR) is 107 cm³/mol. The van der Waals surface area contributed by atoms with E-state index in [1.807, 2.05) is 0 Å². The standard InChI is InChI=1S/C20H21F3N2O5S/c1-2-8-25(31(27,28)16-5-3-4-14(11-16)20(21,22)23)13-19(26)24-15-6-7-17-18(12-15)30-10-9-29-17/h3-7,11-12H,2,8-10,13H2,1H3,(H,24,26). The summed E-state index contributed by atoms with van der Waals surface area (Å²) < 4.78 is 76.5. The molecule has 0 saturated carbocycles. The lowest BCUT2D eigenvalue weighted by Crippen LogP contribution is -2.38. The number of nitrogens with zero attached hydrogens (tertiary/aromatic N) is 1. The van der Waals surface area contributed by atoms with E-state index in [4.69, 9.17) is 9.47 Å². The van der Waals surface area contributed by atoms with Crippen molar-refractivity contribution in [1.29, 1.82) is 0 Å². The minimum absolute atomic E-state index is 0.0346. The fraction of sp³-hybridized carbons (Fsp3) is 0.350. The molecule has 0 bridgehead atoms. The third-order valence-electron chi connectivity index (χ3n) is 4.42. The molecule has 1 N–H and O–H groups in total. The van der Waals surface area contributed by atoms with Gasteiger partial charge in [0.05, 0.1) is 17.0 Å². The van der Waals surface area contributed by atoms with Crippen molar-refractivity contribution in [2.24, 2.45) is 0 Å². The highest BCUT2D eigenvalue weighted by molar-refractivity contribution is 7.89. The second kappa shape index (κ2) is 9.15. The van der Waals surface area contributed by atoms with Crippen molar-refractivity contribution in [3.05, 3.63) is 48.0 Å². The molecule has 1 aliphatic heterocycles. The topological polar surface area (TPSA) is 84.9 Å². The Morgan fingerprint density at radius 2 is 1.81 bits per heavy atom. The number of carbonyl (C=O) groups excluding carboxylic acids is 1. The van der Waals surface area contributed by atoms with Crippen LogP contribution >= 0.6 is 0 Å². The van der Waals surface area contributed by atoms with Crippen molar-refractivity contribution < 1.29 is 35.9 Å². The summed E-state index contributed by atoms with van der Waals surface area (Å²) in [4.78, 5) is 12.0. The number of amides is 1. The molecule has 0 radical (unpaired) electrons. The fourth-order valence-corrected chi connectivity index (χ4v) is 4.53. The Bertz CT molecular complexity index is 1060. The highest BCUT2D eigenvalue weighted by Gasteiger charge is 2.33. The van der Waals surface area contributed by atoms with Gasteiger partial charge in [-0.25, -0.2) is 8.42 Å². The Morgan fingerprint density at radius 1 is 1.10 bits per heavy atom. The van der Waals surface area contributed by atoms with Crippen LogP contribution in [0.15, 0.2) is 47.4 Å².